The van der Waals surface area contributed by atoms with Crippen molar-refractivity contribution in [2.45, 2.75) is 13.0 Å². The average Bonchev–Trinajstić information content (AvgIpc) is 3.06. The summed E-state index contributed by atoms with van der Waals surface area (Å²) < 4.78 is 2.97. The van der Waals surface area contributed by atoms with Crippen LogP contribution in [0.15, 0.2) is 34.1 Å². The summed E-state index contributed by atoms with van der Waals surface area (Å²) in [6, 6.07) is 8.46. The molecule has 116 valence electrons. The molecule has 0 unspecified atom stereocenters. The van der Waals surface area contributed by atoms with Crippen LogP contribution in [0.2, 0.25) is 0 Å². The zero-order chi connectivity index (χ0) is 15.9. The third kappa shape index (κ3) is 2.81. The number of aryl methyl sites for hydroxylation is 1. The first-order valence-electron chi connectivity index (χ1n) is 7.13. The number of thiophene rings is 1. The van der Waals surface area contributed by atoms with Crippen LogP contribution in [0.1, 0.15) is 16.1 Å². The number of nitrogens with zero attached hydrogens (tertiary/aromatic N) is 2. The quantitative estimate of drug-likeness (QED) is 0.730. The molecular weight excluding hydrogens is 360 g/mol. The second kappa shape index (κ2) is 6.07. The fraction of sp³-hybridized carbons (Fsp3) is 0.294. The van der Waals surface area contributed by atoms with Gasteiger partial charge in [0.05, 0.1) is 4.47 Å². The molecule has 0 saturated heterocycles. The minimum absolute atomic E-state index is 0.342. The van der Waals surface area contributed by atoms with Crippen LogP contribution >= 0.6 is 27.3 Å². The molecule has 0 aliphatic rings. The van der Waals surface area contributed by atoms with Gasteiger partial charge in [0.1, 0.15) is 5.75 Å². The Kier molecular flexibility index (Phi) is 4.30. The standard InChI is InChI=1S/C17H19BrN2OS/c1-19(2)10-14-13-8-11(7-12-5-4-6-22-12)20(3)16(13)9-15(18)17(14)21/h4-6,8-9,21H,7,10H2,1-3H3. The maximum Gasteiger partial charge on any atom is 0.135 e. The molecule has 0 radical (unpaired) electrons. The molecule has 3 aromatic rings. The topological polar surface area (TPSA) is 28.4 Å². The summed E-state index contributed by atoms with van der Waals surface area (Å²) >= 11 is 5.26. The summed E-state index contributed by atoms with van der Waals surface area (Å²) in [6.45, 7) is 0.713. The van der Waals surface area contributed by atoms with E-state index in [1.54, 1.807) is 11.3 Å². The van der Waals surface area contributed by atoms with Crippen molar-refractivity contribution in [3.63, 3.8) is 0 Å². The average molecular weight is 379 g/mol. The first kappa shape index (κ1) is 15.6. The first-order chi connectivity index (χ1) is 10.5. The molecule has 0 amide bonds. The summed E-state index contributed by atoms with van der Waals surface area (Å²) in [7, 11) is 6.12. The normalized spacial score (nSPS) is 11.7. The number of rotatable bonds is 4. The summed E-state index contributed by atoms with van der Waals surface area (Å²) in [4.78, 5) is 3.43. The molecule has 22 heavy (non-hydrogen) atoms. The van der Waals surface area contributed by atoms with Crippen LogP contribution in [0.4, 0.5) is 0 Å². The molecule has 5 heteroatoms. The predicted molar refractivity (Wildman–Crippen MR) is 96.8 cm³/mol. The van der Waals surface area contributed by atoms with Crippen LogP contribution in [0, 0.1) is 0 Å². The number of halogens is 1. The van der Waals surface area contributed by atoms with Gasteiger partial charge >= 0.3 is 0 Å². The van der Waals surface area contributed by atoms with Gasteiger partial charge in [-0.3, -0.25) is 0 Å². The van der Waals surface area contributed by atoms with E-state index >= 15 is 0 Å². The van der Waals surface area contributed by atoms with E-state index in [1.165, 1.54) is 10.6 Å². The van der Waals surface area contributed by atoms with Gasteiger partial charge in [0, 0.05) is 47.1 Å². The van der Waals surface area contributed by atoms with Gasteiger partial charge in [-0.05, 0) is 53.6 Å². The molecule has 0 bridgehead atoms. The van der Waals surface area contributed by atoms with Crippen LogP contribution in [-0.4, -0.2) is 28.7 Å². The van der Waals surface area contributed by atoms with Gasteiger partial charge < -0.3 is 14.6 Å². The van der Waals surface area contributed by atoms with Crippen molar-refractivity contribution in [2.24, 2.45) is 7.05 Å². The number of benzene rings is 1. The lowest BCUT2D eigenvalue weighted by atomic mass is 10.1. The molecule has 0 spiro atoms. The Hall–Kier alpha value is -1.30. The van der Waals surface area contributed by atoms with Crippen LogP contribution < -0.4 is 0 Å². The highest BCUT2D eigenvalue weighted by molar-refractivity contribution is 9.10. The number of hydrogen-bond donors (Lipinski definition) is 1. The molecule has 1 N–H and O–H groups in total. The summed E-state index contributed by atoms with van der Waals surface area (Å²) in [5.41, 5.74) is 3.38. The Morgan fingerprint density at radius 2 is 2.09 bits per heavy atom. The van der Waals surface area contributed by atoms with E-state index in [1.807, 2.05) is 20.2 Å². The molecule has 2 heterocycles. The van der Waals surface area contributed by atoms with Crippen LogP contribution in [0.25, 0.3) is 10.9 Å². The SMILES string of the molecule is CN(C)Cc1c(O)c(Br)cc2c1cc(Cc1cccs1)n2C. The second-order valence-electron chi connectivity index (χ2n) is 5.81. The highest BCUT2D eigenvalue weighted by atomic mass is 79.9. The Labute approximate surface area is 142 Å². The lowest BCUT2D eigenvalue weighted by molar-refractivity contribution is 0.387. The molecule has 0 saturated carbocycles. The first-order valence-corrected chi connectivity index (χ1v) is 8.80. The molecular formula is C17H19BrN2OS. The number of fused-ring (bicyclic) bond motifs is 1. The van der Waals surface area contributed by atoms with Crippen LogP contribution in [-0.2, 0) is 20.0 Å². The Balaban J connectivity index is 2.15. The smallest absolute Gasteiger partial charge is 0.135 e. The number of phenols is 1. The van der Waals surface area contributed by atoms with E-state index in [9.17, 15) is 5.11 Å². The minimum atomic E-state index is 0.342. The number of hydrogen-bond acceptors (Lipinski definition) is 3. The fourth-order valence-electron chi connectivity index (χ4n) is 2.79. The van der Waals surface area contributed by atoms with Crippen molar-refractivity contribution < 1.29 is 5.11 Å². The molecule has 0 aliphatic carbocycles. The van der Waals surface area contributed by atoms with E-state index in [2.05, 4.69) is 56.0 Å². The summed E-state index contributed by atoms with van der Waals surface area (Å²) in [6.07, 6.45) is 0.919. The predicted octanol–water partition coefficient (Wildman–Crippen LogP) is 4.36. The van der Waals surface area contributed by atoms with E-state index in [0.717, 1.165) is 27.4 Å². The number of aromatic hydroxyl groups is 1. The monoisotopic (exact) mass is 378 g/mol. The maximum absolute atomic E-state index is 10.4. The highest BCUT2D eigenvalue weighted by Gasteiger charge is 2.17. The Morgan fingerprint density at radius 1 is 1.32 bits per heavy atom. The molecule has 3 rings (SSSR count). The lowest BCUT2D eigenvalue weighted by Gasteiger charge is -2.14. The second-order valence-corrected chi connectivity index (χ2v) is 7.69. The van der Waals surface area contributed by atoms with Crippen molar-refractivity contribution in [1.82, 2.24) is 9.47 Å². The van der Waals surface area contributed by atoms with Crippen molar-refractivity contribution in [1.29, 1.82) is 0 Å². The zero-order valence-electron chi connectivity index (χ0n) is 12.9. The van der Waals surface area contributed by atoms with Gasteiger partial charge in [-0.25, -0.2) is 0 Å². The van der Waals surface area contributed by atoms with Crippen LogP contribution in [0.5, 0.6) is 5.75 Å². The number of phenolic OH excluding ortho intramolecular Hbond substituents is 1. The third-order valence-electron chi connectivity index (χ3n) is 3.89. The summed E-state index contributed by atoms with van der Waals surface area (Å²) in [5, 5.41) is 13.7. The van der Waals surface area contributed by atoms with E-state index in [4.69, 9.17) is 0 Å². The lowest BCUT2D eigenvalue weighted by Crippen LogP contribution is -2.11. The van der Waals surface area contributed by atoms with Crippen molar-refractivity contribution >= 4 is 38.2 Å². The molecule has 1 aromatic carbocycles. The van der Waals surface area contributed by atoms with E-state index in [0.29, 0.717) is 12.3 Å². The van der Waals surface area contributed by atoms with Gasteiger partial charge in [0.15, 0.2) is 0 Å². The van der Waals surface area contributed by atoms with Crippen molar-refractivity contribution in [3.8, 4) is 5.75 Å². The minimum Gasteiger partial charge on any atom is -0.506 e. The molecule has 2 aromatic heterocycles. The fourth-order valence-corrected chi connectivity index (χ4v) is 3.96. The molecule has 0 atom stereocenters. The maximum atomic E-state index is 10.4. The molecule has 0 fully saturated rings. The number of aromatic nitrogens is 1. The van der Waals surface area contributed by atoms with Gasteiger partial charge in [0.25, 0.3) is 0 Å². The molecule has 0 aliphatic heterocycles. The summed E-state index contributed by atoms with van der Waals surface area (Å²) in [5.74, 6) is 0.342. The Bertz CT molecular complexity index is 806. The van der Waals surface area contributed by atoms with Gasteiger partial charge in [-0.2, -0.15) is 0 Å². The van der Waals surface area contributed by atoms with Crippen molar-refractivity contribution in [3.05, 3.63) is 50.3 Å². The largest absolute Gasteiger partial charge is 0.506 e. The highest BCUT2D eigenvalue weighted by Crippen LogP contribution is 2.37. The van der Waals surface area contributed by atoms with E-state index in [-0.39, 0.29) is 0 Å². The van der Waals surface area contributed by atoms with Crippen molar-refractivity contribution in [2.75, 3.05) is 14.1 Å². The zero-order valence-corrected chi connectivity index (χ0v) is 15.3. The van der Waals surface area contributed by atoms with Gasteiger partial charge in [-0.1, -0.05) is 6.07 Å². The van der Waals surface area contributed by atoms with Gasteiger partial charge in [-0.15, -0.1) is 11.3 Å². The Morgan fingerprint density at radius 3 is 2.73 bits per heavy atom. The third-order valence-corrected chi connectivity index (χ3v) is 5.37. The van der Waals surface area contributed by atoms with E-state index < -0.39 is 0 Å². The molecule has 3 nitrogen and oxygen atoms in total. The van der Waals surface area contributed by atoms with Gasteiger partial charge in [0.2, 0.25) is 0 Å². The van der Waals surface area contributed by atoms with Crippen LogP contribution in [0.3, 0.4) is 0 Å².